The average molecular weight is 220 g/mol. The van der Waals surface area contributed by atoms with Crippen molar-refractivity contribution < 1.29 is 9.53 Å². The van der Waals surface area contributed by atoms with Crippen LogP contribution in [0.4, 0.5) is 0 Å². The third-order valence-electron chi connectivity index (χ3n) is 2.92. The highest BCUT2D eigenvalue weighted by molar-refractivity contribution is 5.78. The van der Waals surface area contributed by atoms with Crippen LogP contribution in [0, 0.1) is 13.8 Å². The Morgan fingerprint density at radius 1 is 1.25 bits per heavy atom. The van der Waals surface area contributed by atoms with Crippen LogP contribution in [0.1, 0.15) is 36.5 Å². The number of Topliss-reactive ketones (excluding diaryl/α,β-unsaturated/α-hetero) is 1. The van der Waals surface area contributed by atoms with E-state index in [1.54, 1.807) is 7.11 Å². The predicted molar refractivity (Wildman–Crippen MR) is 66.1 cm³/mol. The Hall–Kier alpha value is -1.31. The predicted octanol–water partition coefficient (Wildman–Crippen LogP) is 3.22. The largest absolute Gasteiger partial charge is 0.496 e. The molecule has 0 spiro atoms. The molecule has 1 aromatic carbocycles. The van der Waals surface area contributed by atoms with Crippen LogP contribution in [0.25, 0.3) is 0 Å². The van der Waals surface area contributed by atoms with E-state index in [1.165, 1.54) is 11.1 Å². The number of aryl methyl sites for hydroxylation is 3. The molecule has 0 heterocycles. The van der Waals surface area contributed by atoms with Crippen LogP contribution in [0.2, 0.25) is 0 Å². The van der Waals surface area contributed by atoms with Crippen LogP contribution in [-0.4, -0.2) is 12.9 Å². The molecule has 0 N–H and O–H groups in total. The van der Waals surface area contributed by atoms with Crippen LogP contribution >= 0.6 is 0 Å². The van der Waals surface area contributed by atoms with Gasteiger partial charge in [-0.1, -0.05) is 13.0 Å². The summed E-state index contributed by atoms with van der Waals surface area (Å²) < 4.78 is 5.26. The summed E-state index contributed by atoms with van der Waals surface area (Å²) in [6, 6.07) is 4.16. The van der Waals surface area contributed by atoms with Crippen molar-refractivity contribution in [2.45, 2.75) is 40.0 Å². The zero-order valence-electron chi connectivity index (χ0n) is 10.6. The van der Waals surface area contributed by atoms with Crippen LogP contribution < -0.4 is 4.74 Å². The smallest absolute Gasteiger partial charge is 0.132 e. The zero-order valence-corrected chi connectivity index (χ0v) is 10.6. The Morgan fingerprint density at radius 2 is 1.94 bits per heavy atom. The molecule has 1 aromatic rings. The molecule has 0 saturated heterocycles. The number of carbonyl (C=O) groups is 1. The summed E-state index contributed by atoms with van der Waals surface area (Å²) >= 11 is 0. The van der Waals surface area contributed by atoms with Gasteiger partial charge < -0.3 is 4.74 Å². The van der Waals surface area contributed by atoms with Crippen molar-refractivity contribution in [1.29, 1.82) is 0 Å². The maximum atomic E-state index is 11.3. The van der Waals surface area contributed by atoms with Gasteiger partial charge in [0.2, 0.25) is 0 Å². The van der Waals surface area contributed by atoms with Gasteiger partial charge in [-0.25, -0.2) is 0 Å². The molecule has 16 heavy (non-hydrogen) atoms. The first-order valence-electron chi connectivity index (χ1n) is 5.74. The fourth-order valence-electron chi connectivity index (χ4n) is 1.79. The molecule has 2 nitrogen and oxygen atoms in total. The molecule has 1 rings (SSSR count). The minimum atomic E-state index is 0.327. The highest BCUT2D eigenvalue weighted by atomic mass is 16.5. The summed E-state index contributed by atoms with van der Waals surface area (Å²) in [5.41, 5.74) is 3.58. The molecule has 88 valence electrons. The number of ether oxygens (including phenoxy) is 1. The van der Waals surface area contributed by atoms with Crippen molar-refractivity contribution in [3.05, 3.63) is 28.8 Å². The third-order valence-corrected chi connectivity index (χ3v) is 2.92. The molecule has 0 aliphatic rings. The van der Waals surface area contributed by atoms with E-state index in [2.05, 4.69) is 13.0 Å². The molecular weight excluding hydrogens is 200 g/mol. The van der Waals surface area contributed by atoms with Crippen molar-refractivity contribution in [3.63, 3.8) is 0 Å². The number of hydrogen-bond donors (Lipinski definition) is 0. The molecule has 2 heteroatoms. The highest BCUT2D eigenvalue weighted by Crippen LogP contribution is 2.23. The Morgan fingerprint density at radius 3 is 2.50 bits per heavy atom. The molecule has 0 aromatic heterocycles. The molecule has 0 fully saturated rings. The van der Waals surface area contributed by atoms with Crippen molar-refractivity contribution in [2.75, 3.05) is 7.11 Å². The second-order valence-corrected chi connectivity index (χ2v) is 4.14. The SMILES string of the molecule is CCC(=O)CCc1cc(C)c(OC)cc1C. The molecule has 0 unspecified atom stereocenters. The number of rotatable bonds is 5. The molecule has 0 saturated carbocycles. The minimum Gasteiger partial charge on any atom is -0.496 e. The first-order chi connectivity index (χ1) is 7.58. The van der Waals surface area contributed by atoms with E-state index in [9.17, 15) is 4.79 Å². The van der Waals surface area contributed by atoms with Crippen LogP contribution in [0.3, 0.4) is 0 Å². The first-order valence-corrected chi connectivity index (χ1v) is 5.74. The van der Waals surface area contributed by atoms with Gasteiger partial charge in [0.1, 0.15) is 11.5 Å². The lowest BCUT2D eigenvalue weighted by Gasteiger charge is -2.10. The molecule has 0 amide bonds. The van der Waals surface area contributed by atoms with Gasteiger partial charge in [0.25, 0.3) is 0 Å². The molecular formula is C14H20O2. The van der Waals surface area contributed by atoms with Gasteiger partial charge in [-0.15, -0.1) is 0 Å². The summed E-state index contributed by atoms with van der Waals surface area (Å²) in [5.74, 6) is 1.25. The average Bonchev–Trinajstić information content (AvgIpc) is 2.29. The Bertz CT molecular complexity index is 381. The second-order valence-electron chi connectivity index (χ2n) is 4.14. The first kappa shape index (κ1) is 12.8. The van der Waals surface area contributed by atoms with Gasteiger partial charge in [0.05, 0.1) is 7.11 Å². The Labute approximate surface area is 97.6 Å². The van der Waals surface area contributed by atoms with E-state index < -0.39 is 0 Å². The number of ketones is 1. The van der Waals surface area contributed by atoms with E-state index in [1.807, 2.05) is 19.9 Å². The molecule has 0 atom stereocenters. The lowest BCUT2D eigenvalue weighted by atomic mass is 9.99. The third kappa shape index (κ3) is 3.09. The number of methoxy groups -OCH3 is 1. The lowest BCUT2D eigenvalue weighted by Crippen LogP contribution is -2.00. The molecule has 0 aliphatic heterocycles. The van der Waals surface area contributed by atoms with E-state index >= 15 is 0 Å². The van der Waals surface area contributed by atoms with Gasteiger partial charge in [0, 0.05) is 12.8 Å². The summed E-state index contributed by atoms with van der Waals surface area (Å²) in [6.07, 6.45) is 2.11. The fourth-order valence-corrected chi connectivity index (χ4v) is 1.79. The Balaban J connectivity index is 2.81. The summed E-state index contributed by atoms with van der Waals surface area (Å²) in [5, 5.41) is 0. The van der Waals surface area contributed by atoms with Crippen LogP contribution in [0.5, 0.6) is 5.75 Å². The standard InChI is InChI=1S/C14H20O2/c1-5-13(15)7-6-12-8-11(3)14(16-4)9-10(12)2/h8-9H,5-7H2,1-4H3. The van der Waals surface area contributed by atoms with E-state index in [0.717, 1.165) is 17.7 Å². The fraction of sp³-hybridized carbons (Fsp3) is 0.500. The van der Waals surface area contributed by atoms with E-state index in [-0.39, 0.29) is 0 Å². The molecule has 0 bridgehead atoms. The quantitative estimate of drug-likeness (QED) is 0.761. The van der Waals surface area contributed by atoms with Gasteiger partial charge in [-0.3, -0.25) is 4.79 Å². The highest BCUT2D eigenvalue weighted by Gasteiger charge is 2.06. The monoisotopic (exact) mass is 220 g/mol. The summed E-state index contributed by atoms with van der Waals surface area (Å²) in [6.45, 7) is 6.01. The maximum Gasteiger partial charge on any atom is 0.132 e. The Kier molecular flexibility index (Phi) is 4.53. The lowest BCUT2D eigenvalue weighted by molar-refractivity contribution is -0.118. The number of carbonyl (C=O) groups excluding carboxylic acids is 1. The van der Waals surface area contributed by atoms with Gasteiger partial charge >= 0.3 is 0 Å². The van der Waals surface area contributed by atoms with E-state index in [0.29, 0.717) is 18.6 Å². The zero-order chi connectivity index (χ0) is 12.1. The second kappa shape index (κ2) is 5.69. The number of benzene rings is 1. The van der Waals surface area contributed by atoms with Crippen molar-refractivity contribution in [2.24, 2.45) is 0 Å². The van der Waals surface area contributed by atoms with Gasteiger partial charge in [-0.2, -0.15) is 0 Å². The summed E-state index contributed by atoms with van der Waals surface area (Å²) in [4.78, 5) is 11.3. The normalized spacial score (nSPS) is 10.2. The number of hydrogen-bond acceptors (Lipinski definition) is 2. The minimum absolute atomic E-state index is 0.327. The van der Waals surface area contributed by atoms with Crippen LogP contribution in [0.15, 0.2) is 12.1 Å². The van der Waals surface area contributed by atoms with Crippen LogP contribution in [-0.2, 0) is 11.2 Å². The van der Waals surface area contributed by atoms with Crippen molar-refractivity contribution in [3.8, 4) is 5.75 Å². The van der Waals surface area contributed by atoms with Crippen molar-refractivity contribution >= 4 is 5.78 Å². The molecule has 0 radical (unpaired) electrons. The molecule has 0 aliphatic carbocycles. The topological polar surface area (TPSA) is 26.3 Å². The maximum absolute atomic E-state index is 11.3. The van der Waals surface area contributed by atoms with Gasteiger partial charge in [-0.05, 0) is 43.0 Å². The van der Waals surface area contributed by atoms with Crippen molar-refractivity contribution in [1.82, 2.24) is 0 Å². The van der Waals surface area contributed by atoms with E-state index in [4.69, 9.17) is 4.74 Å². The summed E-state index contributed by atoms with van der Waals surface area (Å²) in [7, 11) is 1.68. The van der Waals surface area contributed by atoms with Gasteiger partial charge in [0.15, 0.2) is 0 Å².